The number of aliphatic hydroxyl groups is 1. The molecule has 0 aliphatic carbocycles. The van der Waals surface area contributed by atoms with Gasteiger partial charge in [-0.25, -0.2) is 0 Å². The number of likely N-dealkylation sites (N-methyl/N-ethyl adjacent to an activating group) is 2. The van der Waals surface area contributed by atoms with Gasteiger partial charge < -0.3 is 20.0 Å². The van der Waals surface area contributed by atoms with Gasteiger partial charge in [0.15, 0.2) is 0 Å². The molecule has 0 bridgehead atoms. The summed E-state index contributed by atoms with van der Waals surface area (Å²) in [5.41, 5.74) is 4.42. The van der Waals surface area contributed by atoms with Crippen molar-refractivity contribution in [1.82, 2.24) is 9.80 Å². The Morgan fingerprint density at radius 2 is 1.64 bits per heavy atom. The Morgan fingerprint density at radius 3 is 2.19 bits per heavy atom. The van der Waals surface area contributed by atoms with Crippen molar-refractivity contribution in [3.63, 3.8) is 0 Å². The second-order valence-electron chi connectivity index (χ2n) is 12.2. The van der Waals surface area contributed by atoms with Gasteiger partial charge in [-0.05, 0) is 69.2 Å². The molecule has 4 heteroatoms. The van der Waals surface area contributed by atoms with E-state index in [0.29, 0.717) is 24.6 Å². The molecule has 0 amide bonds. The van der Waals surface area contributed by atoms with Crippen molar-refractivity contribution < 1.29 is 10.2 Å². The molecule has 0 saturated carbocycles. The second-order valence-corrected chi connectivity index (χ2v) is 12.2. The number of hydrogen-bond donors (Lipinski definition) is 2. The highest BCUT2D eigenvalue weighted by Gasteiger charge is 2.27. The lowest BCUT2D eigenvalue weighted by Crippen LogP contribution is -2.32. The van der Waals surface area contributed by atoms with Crippen LogP contribution in [0.5, 0.6) is 5.75 Å². The maximum atomic E-state index is 11.0. The largest absolute Gasteiger partial charge is 0.507 e. The quantitative estimate of drug-likeness (QED) is 0.273. The fraction of sp³-hybridized carbons (Fsp3) is 0.625. The van der Waals surface area contributed by atoms with Gasteiger partial charge in [-0.1, -0.05) is 89.6 Å². The molecule has 1 atom stereocenters. The number of benzene rings is 1. The number of aliphatic hydroxyl groups excluding tert-OH is 1. The Labute approximate surface area is 222 Å². The van der Waals surface area contributed by atoms with Gasteiger partial charge in [0, 0.05) is 31.7 Å². The summed E-state index contributed by atoms with van der Waals surface area (Å²) < 4.78 is 0. The van der Waals surface area contributed by atoms with Crippen LogP contribution >= 0.6 is 0 Å². The molecule has 36 heavy (non-hydrogen) atoms. The fourth-order valence-electron chi connectivity index (χ4n) is 4.50. The first-order valence-corrected chi connectivity index (χ1v) is 13.5. The Morgan fingerprint density at radius 1 is 1.03 bits per heavy atom. The van der Waals surface area contributed by atoms with E-state index in [-0.39, 0.29) is 10.8 Å². The predicted molar refractivity (Wildman–Crippen MR) is 157 cm³/mol. The number of para-hydroxylation sites is 1. The molecular weight excluding hydrogens is 444 g/mol. The van der Waals surface area contributed by atoms with Crippen molar-refractivity contribution in [1.29, 1.82) is 0 Å². The summed E-state index contributed by atoms with van der Waals surface area (Å²) >= 11 is 0. The summed E-state index contributed by atoms with van der Waals surface area (Å²) in [4.78, 5) is 4.62. The van der Waals surface area contributed by atoms with Crippen molar-refractivity contribution >= 4 is 0 Å². The monoisotopic (exact) mass is 498 g/mol. The van der Waals surface area contributed by atoms with Gasteiger partial charge in [0.2, 0.25) is 0 Å². The summed E-state index contributed by atoms with van der Waals surface area (Å²) in [6.45, 7) is 22.9. The summed E-state index contributed by atoms with van der Waals surface area (Å²) in [7, 11) is 4.28. The van der Waals surface area contributed by atoms with Crippen LogP contribution in [0.25, 0.3) is 0 Å². The zero-order valence-corrected chi connectivity index (χ0v) is 25.0. The molecule has 0 radical (unpaired) electrons. The lowest BCUT2D eigenvalue weighted by atomic mass is 9.75. The first-order chi connectivity index (χ1) is 16.6. The standard InChI is InChI=1S/C32H54N2O2/c1-12-13-15-27(20-25(4)32(8,9)24(2)3)22-33(10)18-19-34(11)23-28-16-14-17-29(30(28)36)31(6,7)21-26(5)35/h12-17,20,24,26,35-36H,18-19,21-23H2,1-11H3/b13-12-,25-20+,27-15+. The lowest BCUT2D eigenvalue weighted by molar-refractivity contribution is 0.156. The van der Waals surface area contributed by atoms with Crippen LogP contribution in [0.1, 0.15) is 79.9 Å². The Bertz CT molecular complexity index is 907. The summed E-state index contributed by atoms with van der Waals surface area (Å²) in [6, 6.07) is 5.99. The van der Waals surface area contributed by atoms with E-state index in [9.17, 15) is 10.2 Å². The minimum absolute atomic E-state index is 0.161. The van der Waals surface area contributed by atoms with Gasteiger partial charge in [-0.2, -0.15) is 0 Å². The van der Waals surface area contributed by atoms with E-state index in [1.54, 1.807) is 6.92 Å². The molecule has 1 aromatic carbocycles. The Balaban J connectivity index is 2.86. The van der Waals surface area contributed by atoms with Crippen LogP contribution < -0.4 is 0 Å². The number of phenolic OH excluding ortho intramolecular Hbond substituents is 1. The number of hydrogen-bond acceptors (Lipinski definition) is 4. The summed E-state index contributed by atoms with van der Waals surface area (Å²) in [5.74, 6) is 0.934. The first-order valence-electron chi connectivity index (χ1n) is 13.5. The highest BCUT2D eigenvalue weighted by atomic mass is 16.3. The topological polar surface area (TPSA) is 46.9 Å². The average Bonchev–Trinajstić information content (AvgIpc) is 2.76. The zero-order valence-electron chi connectivity index (χ0n) is 25.0. The van der Waals surface area contributed by atoms with Crippen molar-refractivity contribution in [2.24, 2.45) is 11.3 Å². The molecule has 0 heterocycles. The van der Waals surface area contributed by atoms with E-state index < -0.39 is 6.10 Å². The summed E-state index contributed by atoms with van der Waals surface area (Å²) in [6.07, 6.45) is 8.97. The molecule has 204 valence electrons. The van der Waals surface area contributed by atoms with Crippen LogP contribution in [-0.4, -0.2) is 59.8 Å². The minimum Gasteiger partial charge on any atom is -0.507 e. The molecule has 4 nitrogen and oxygen atoms in total. The van der Waals surface area contributed by atoms with E-state index in [1.807, 2.05) is 18.2 Å². The third-order valence-electron chi connectivity index (χ3n) is 7.78. The molecule has 2 N–H and O–H groups in total. The second kappa shape index (κ2) is 14.2. The smallest absolute Gasteiger partial charge is 0.123 e. The normalized spacial score (nSPS) is 15.1. The highest BCUT2D eigenvalue weighted by molar-refractivity contribution is 5.44. The van der Waals surface area contributed by atoms with Crippen LogP contribution in [0.15, 0.2) is 53.6 Å². The first kappa shape index (κ1) is 32.1. The molecule has 1 unspecified atom stereocenters. The number of phenols is 1. The molecular formula is C32H54N2O2. The summed E-state index contributed by atoms with van der Waals surface area (Å²) in [5, 5.41) is 20.9. The molecule has 1 rings (SSSR count). The fourth-order valence-corrected chi connectivity index (χ4v) is 4.50. The van der Waals surface area contributed by atoms with Gasteiger partial charge in [0.25, 0.3) is 0 Å². The van der Waals surface area contributed by atoms with E-state index >= 15 is 0 Å². The molecule has 0 aliphatic heterocycles. The molecule has 0 fully saturated rings. The van der Waals surface area contributed by atoms with Gasteiger partial charge in [0.05, 0.1) is 6.10 Å². The predicted octanol–water partition coefficient (Wildman–Crippen LogP) is 6.94. The zero-order chi connectivity index (χ0) is 27.7. The average molecular weight is 499 g/mol. The Hall–Kier alpha value is -1.88. The van der Waals surface area contributed by atoms with Crippen LogP contribution in [-0.2, 0) is 12.0 Å². The van der Waals surface area contributed by atoms with Gasteiger partial charge in [0.1, 0.15) is 5.75 Å². The maximum Gasteiger partial charge on any atom is 0.123 e. The number of aromatic hydroxyl groups is 1. The maximum absolute atomic E-state index is 11.0. The molecule has 1 aromatic rings. The van der Waals surface area contributed by atoms with Crippen molar-refractivity contribution in [2.75, 3.05) is 33.7 Å². The van der Waals surface area contributed by atoms with Crippen molar-refractivity contribution in [3.05, 3.63) is 64.8 Å². The lowest BCUT2D eigenvalue weighted by Gasteiger charge is -2.31. The molecule has 0 aromatic heterocycles. The third kappa shape index (κ3) is 9.88. The number of nitrogens with zero attached hydrogens (tertiary/aromatic N) is 2. The van der Waals surface area contributed by atoms with Crippen LogP contribution in [0.4, 0.5) is 0 Å². The van der Waals surface area contributed by atoms with E-state index in [0.717, 1.165) is 30.8 Å². The van der Waals surface area contributed by atoms with E-state index in [1.165, 1.54) is 11.1 Å². The molecule has 0 saturated heterocycles. The Kier molecular flexibility index (Phi) is 12.6. The van der Waals surface area contributed by atoms with Gasteiger partial charge in [-0.3, -0.25) is 0 Å². The van der Waals surface area contributed by atoms with Crippen molar-refractivity contribution in [2.45, 2.75) is 86.8 Å². The third-order valence-corrected chi connectivity index (χ3v) is 7.78. The minimum atomic E-state index is -0.414. The van der Waals surface area contributed by atoms with Crippen molar-refractivity contribution in [3.8, 4) is 5.75 Å². The molecule has 0 aliphatic rings. The van der Waals surface area contributed by atoms with Crippen LogP contribution in [0.3, 0.4) is 0 Å². The van der Waals surface area contributed by atoms with Gasteiger partial charge in [-0.15, -0.1) is 0 Å². The highest BCUT2D eigenvalue weighted by Crippen LogP contribution is 2.37. The van der Waals surface area contributed by atoms with Crippen LogP contribution in [0.2, 0.25) is 0 Å². The van der Waals surface area contributed by atoms with E-state index in [4.69, 9.17) is 0 Å². The van der Waals surface area contributed by atoms with E-state index in [2.05, 4.69) is 104 Å². The number of allylic oxidation sites excluding steroid dienone is 4. The van der Waals surface area contributed by atoms with Gasteiger partial charge >= 0.3 is 0 Å². The van der Waals surface area contributed by atoms with Crippen LogP contribution in [0, 0.1) is 11.3 Å². The number of rotatable bonds is 14. The SMILES string of the molecule is C\C=C/C=C(\C=C(/C)C(C)(C)C(C)C)CN(C)CCN(C)Cc1cccc(C(C)(C)CC(C)O)c1O. The molecule has 0 spiro atoms.